The first-order valence-corrected chi connectivity index (χ1v) is 24.3. The van der Waals surface area contributed by atoms with E-state index in [4.69, 9.17) is 0 Å². The Kier molecular flexibility index (Phi) is 16.5. The van der Waals surface area contributed by atoms with Crippen LogP contribution < -0.4 is 26.4 Å². The minimum atomic E-state index is -6.13. The van der Waals surface area contributed by atoms with Crippen molar-refractivity contribution >= 4 is 55.3 Å². The summed E-state index contributed by atoms with van der Waals surface area (Å²) >= 11 is 0. The number of carbonyl (C=O) groups excluding carboxylic acids is 1. The minimum absolute atomic E-state index is 0.0552. The van der Waals surface area contributed by atoms with Crippen LogP contribution in [-0.2, 0) is 56.0 Å². The summed E-state index contributed by atoms with van der Waals surface area (Å²) in [7, 11) is 0. The van der Waals surface area contributed by atoms with Gasteiger partial charge >= 0.3 is 49.4 Å². The zero-order chi connectivity index (χ0) is 63.5. The molecule has 0 radical (unpaired) electrons. The molecule has 0 N–H and O–H groups in total. The fraction of sp³-hybridized carbons (Fsp3) is 0.155. The number of fused-ring (bicyclic) bond motifs is 2. The van der Waals surface area contributed by atoms with Crippen LogP contribution in [0.2, 0.25) is 0 Å². The molecule has 0 amide bonds. The highest BCUT2D eigenvalue weighted by Gasteiger charge is 2.47. The first-order chi connectivity index (χ1) is 39.6. The number of benzene rings is 8. The Balaban J connectivity index is 0.000000274. The summed E-state index contributed by atoms with van der Waals surface area (Å²) in [5.41, 5.74) is -27.9. The van der Waals surface area contributed by atoms with Crippen LogP contribution in [0.15, 0.2) is 176 Å². The van der Waals surface area contributed by atoms with Gasteiger partial charge in [0.15, 0.2) is 24.6 Å². The van der Waals surface area contributed by atoms with Crippen molar-refractivity contribution in [2.24, 2.45) is 0 Å². The van der Waals surface area contributed by atoms with Gasteiger partial charge in [-0.15, -0.1) is 0 Å². The van der Waals surface area contributed by atoms with Gasteiger partial charge in [0.1, 0.15) is 6.15 Å². The molecular weight excluding hydrogens is 1210 g/mol. The average Bonchev–Trinajstić information content (AvgIpc) is 0.731. The SMILES string of the molecule is FC(F)(F)c1cc([B-](c2cc(C(F)(F)F)cc(C(F)(F)F)c2)(c2cc(C(F)(F)F)cc(C(F)(F)F)c2)c2cc(C(F)(F)F)cc(C(F)(F)F)c2)cc(C(F)(F)F)c1.O=C(c1c[n+](Cc2ccccc2)ccn1)c1c2ccccc2cc2ccccc12. The lowest BCUT2D eigenvalue weighted by molar-refractivity contribution is -0.689. The summed E-state index contributed by atoms with van der Waals surface area (Å²) in [6.45, 7) is 0.694. The van der Waals surface area contributed by atoms with Crippen molar-refractivity contribution in [1.82, 2.24) is 4.98 Å². The molecule has 0 aliphatic heterocycles. The second-order valence-electron chi connectivity index (χ2n) is 19.3. The lowest BCUT2D eigenvalue weighted by Gasteiger charge is -2.46. The largest absolute Gasteiger partial charge is 0.416 e. The van der Waals surface area contributed by atoms with E-state index in [1.165, 1.54) is 5.56 Å². The molecule has 28 heteroatoms. The number of rotatable bonds is 8. The molecule has 9 rings (SSSR count). The van der Waals surface area contributed by atoms with Crippen molar-refractivity contribution in [3.8, 4) is 0 Å². The van der Waals surface area contributed by atoms with Crippen LogP contribution in [0.1, 0.15) is 66.1 Å². The van der Waals surface area contributed by atoms with E-state index >= 15 is 0 Å². The molecular formula is C58H31BF24N2O. The van der Waals surface area contributed by atoms with Crippen molar-refractivity contribution in [1.29, 1.82) is 0 Å². The number of alkyl halides is 24. The fourth-order valence-corrected chi connectivity index (χ4v) is 9.90. The maximum absolute atomic E-state index is 14.2. The van der Waals surface area contributed by atoms with Gasteiger partial charge in [0, 0.05) is 11.1 Å². The monoisotopic (exact) mass is 1240 g/mol. The van der Waals surface area contributed by atoms with Crippen LogP contribution in [0.5, 0.6) is 0 Å². The molecule has 9 aromatic rings. The third kappa shape index (κ3) is 13.6. The topological polar surface area (TPSA) is 33.8 Å². The van der Waals surface area contributed by atoms with Gasteiger partial charge in [0.05, 0.1) is 50.7 Å². The lowest BCUT2D eigenvalue weighted by atomic mass is 9.12. The lowest BCUT2D eigenvalue weighted by Crippen LogP contribution is -2.75. The van der Waals surface area contributed by atoms with Crippen LogP contribution in [0.4, 0.5) is 105 Å². The second kappa shape index (κ2) is 22.4. The molecule has 0 aliphatic carbocycles. The Bertz CT molecular complexity index is 3510. The Labute approximate surface area is 467 Å². The van der Waals surface area contributed by atoms with Crippen LogP contribution >= 0.6 is 0 Å². The Morgan fingerprint density at radius 3 is 0.930 bits per heavy atom. The number of hydrogen-bond acceptors (Lipinski definition) is 2. The fourth-order valence-electron chi connectivity index (χ4n) is 9.90. The van der Waals surface area contributed by atoms with E-state index in [9.17, 15) is 110 Å². The molecule has 3 nitrogen and oxygen atoms in total. The number of nitrogens with zero attached hydrogens (tertiary/aromatic N) is 2. The molecule has 86 heavy (non-hydrogen) atoms. The highest BCUT2D eigenvalue weighted by atomic mass is 19.4. The van der Waals surface area contributed by atoms with Crippen molar-refractivity contribution in [2.45, 2.75) is 56.0 Å². The Morgan fingerprint density at radius 1 is 0.360 bits per heavy atom. The number of carbonyl (C=O) groups is 1. The van der Waals surface area contributed by atoms with Crippen LogP contribution in [0, 0.1) is 0 Å². The Hall–Kier alpha value is -8.59. The molecule has 0 spiro atoms. The predicted octanol–water partition coefficient (Wildman–Crippen LogP) is 16.2. The summed E-state index contributed by atoms with van der Waals surface area (Å²) in [5, 5.41) is 4.03. The smallest absolute Gasteiger partial charge is 0.287 e. The number of hydrogen-bond donors (Lipinski definition) is 0. The van der Waals surface area contributed by atoms with E-state index in [2.05, 4.69) is 23.2 Å². The first kappa shape index (κ1) is 63.4. The summed E-state index contributed by atoms with van der Waals surface area (Å²) in [6.07, 6.45) is -49.4. The molecule has 0 saturated carbocycles. The van der Waals surface area contributed by atoms with Gasteiger partial charge in [-0.25, -0.2) is 4.98 Å². The van der Waals surface area contributed by atoms with E-state index in [1.807, 2.05) is 83.7 Å². The van der Waals surface area contributed by atoms with E-state index < -0.39 is 195 Å². The predicted molar refractivity (Wildman–Crippen MR) is 265 cm³/mol. The first-order valence-electron chi connectivity index (χ1n) is 24.3. The van der Waals surface area contributed by atoms with Gasteiger partial charge in [0.25, 0.3) is 0 Å². The molecule has 8 aromatic carbocycles. The van der Waals surface area contributed by atoms with Crippen LogP contribution in [-0.4, -0.2) is 16.9 Å². The van der Waals surface area contributed by atoms with Gasteiger partial charge in [-0.3, -0.25) is 4.79 Å². The number of ketones is 1. The molecule has 0 fully saturated rings. The third-order valence-corrected chi connectivity index (χ3v) is 13.6. The molecule has 450 valence electrons. The highest BCUT2D eigenvalue weighted by Crippen LogP contribution is 2.42. The second-order valence-corrected chi connectivity index (χ2v) is 19.3. The maximum Gasteiger partial charge on any atom is 0.416 e. The number of halogens is 24. The van der Waals surface area contributed by atoms with Gasteiger partial charge in [-0.1, -0.05) is 127 Å². The summed E-state index contributed by atoms with van der Waals surface area (Å²) in [4.78, 5) is 18.0. The molecule has 0 unspecified atom stereocenters. The van der Waals surface area contributed by atoms with Gasteiger partial charge in [-0.05, 0) is 51.9 Å². The Morgan fingerprint density at radius 2 is 0.640 bits per heavy atom. The van der Waals surface area contributed by atoms with Crippen molar-refractivity contribution in [2.75, 3.05) is 0 Å². The van der Waals surface area contributed by atoms with Gasteiger partial charge in [-0.2, -0.15) is 132 Å². The molecule has 0 aliphatic rings. The third-order valence-electron chi connectivity index (χ3n) is 13.6. The minimum Gasteiger partial charge on any atom is -0.287 e. The zero-order valence-corrected chi connectivity index (χ0v) is 42.4. The molecule has 0 bridgehead atoms. The van der Waals surface area contributed by atoms with Crippen LogP contribution in [0.3, 0.4) is 0 Å². The average molecular weight is 1240 g/mol. The van der Waals surface area contributed by atoms with E-state index in [0.717, 1.165) is 21.5 Å². The van der Waals surface area contributed by atoms with Crippen LogP contribution in [0.25, 0.3) is 21.5 Å². The normalized spacial score (nSPS) is 13.2. The van der Waals surface area contributed by atoms with E-state index in [0.29, 0.717) is 17.8 Å². The molecule has 0 atom stereocenters. The summed E-state index contributed by atoms with van der Waals surface area (Å²) in [6, 6.07) is 19.6. The number of aromatic nitrogens is 2. The summed E-state index contributed by atoms with van der Waals surface area (Å²) in [5.74, 6) is -0.0552. The molecule has 1 aromatic heterocycles. The quantitative estimate of drug-likeness (QED) is 0.0499. The van der Waals surface area contributed by atoms with E-state index in [-0.39, 0.29) is 5.78 Å². The summed E-state index contributed by atoms with van der Waals surface area (Å²) < 4.78 is 343. The molecule has 0 saturated heterocycles. The highest BCUT2D eigenvalue weighted by molar-refractivity contribution is 7.20. The van der Waals surface area contributed by atoms with Crippen molar-refractivity contribution < 1.29 is 115 Å². The van der Waals surface area contributed by atoms with Gasteiger partial charge < -0.3 is 0 Å². The van der Waals surface area contributed by atoms with Crippen molar-refractivity contribution in [3.63, 3.8) is 0 Å². The molecule has 1 heterocycles. The van der Waals surface area contributed by atoms with Gasteiger partial charge in [0.2, 0.25) is 5.78 Å². The maximum atomic E-state index is 14.2. The van der Waals surface area contributed by atoms with Crippen molar-refractivity contribution in [3.05, 3.63) is 238 Å². The standard InChI is InChI=1S/C32H12BF24.C26H19N2O/c34-25(35,36)13-1-14(26(37,38)39)6-21(5-13)33(22-7-15(27(40,41)42)2-16(8-22)28(43,44)45,23-9-17(29(46,47)48)3-18(10-23)30(49,50)51)24-11-19(31(52,53)54)4-20(12-24)32(55,56)57;29-26(24-18-28(15-14-27-24)17-19-8-2-1-3-9-19)25-22-12-6-4-10-20(22)16-21-11-5-7-13-23(21)25/h1-12H;1-16,18H,17H2/q-1;+1. The zero-order valence-electron chi connectivity index (χ0n) is 42.4. The van der Waals surface area contributed by atoms with E-state index in [1.54, 1.807) is 6.20 Å².